The summed E-state index contributed by atoms with van der Waals surface area (Å²) in [6.45, 7) is 9.00. The van der Waals surface area contributed by atoms with Crippen LogP contribution in [0.4, 0.5) is 0 Å². The molecule has 1 heterocycles. The molecule has 3 nitrogen and oxygen atoms in total. The number of benzene rings is 1. The fourth-order valence-electron chi connectivity index (χ4n) is 2.18. The average Bonchev–Trinajstić information content (AvgIpc) is 2.67. The van der Waals surface area contributed by atoms with Crippen LogP contribution >= 0.6 is 0 Å². The van der Waals surface area contributed by atoms with Crippen molar-refractivity contribution >= 4 is 0 Å². The van der Waals surface area contributed by atoms with Gasteiger partial charge < -0.3 is 5.11 Å². The van der Waals surface area contributed by atoms with Gasteiger partial charge in [0.25, 0.3) is 0 Å². The third-order valence-corrected chi connectivity index (χ3v) is 3.14. The molecule has 0 atom stereocenters. The molecule has 1 aromatic carbocycles. The number of nitrogens with zero attached hydrogens (tertiary/aromatic N) is 2. The fourth-order valence-corrected chi connectivity index (χ4v) is 2.18. The molecule has 0 aliphatic rings. The lowest BCUT2D eigenvalue weighted by atomic mass is 10.1. The smallest absolute Gasteiger partial charge is 0.165 e. The molecule has 0 radical (unpaired) electrons. The van der Waals surface area contributed by atoms with Crippen LogP contribution in [0, 0.1) is 6.92 Å². The number of rotatable bonds is 3. The maximum absolute atomic E-state index is 10.4. The third kappa shape index (κ3) is 2.13. The van der Waals surface area contributed by atoms with E-state index in [9.17, 15) is 5.11 Å². The summed E-state index contributed by atoms with van der Waals surface area (Å²) < 4.78 is 1.88. The Balaban J connectivity index is 2.55. The van der Waals surface area contributed by atoms with E-state index in [-0.39, 0.29) is 5.92 Å². The summed E-state index contributed by atoms with van der Waals surface area (Å²) in [6, 6.07) is 8.08. The lowest BCUT2D eigenvalue weighted by Crippen LogP contribution is -2.03. The van der Waals surface area contributed by atoms with Crippen LogP contribution in [0.25, 0.3) is 11.3 Å². The van der Waals surface area contributed by atoms with Gasteiger partial charge >= 0.3 is 0 Å². The first-order valence-corrected chi connectivity index (χ1v) is 6.41. The van der Waals surface area contributed by atoms with Crippen LogP contribution < -0.4 is 0 Å². The quantitative estimate of drug-likeness (QED) is 0.893. The molecule has 18 heavy (non-hydrogen) atoms. The number of aryl methyl sites for hydroxylation is 2. The first kappa shape index (κ1) is 12.7. The summed E-state index contributed by atoms with van der Waals surface area (Å²) in [5.41, 5.74) is 3.76. The summed E-state index contributed by atoms with van der Waals surface area (Å²) in [5.74, 6) is 0.576. The monoisotopic (exact) mass is 244 g/mol. The summed E-state index contributed by atoms with van der Waals surface area (Å²) in [7, 11) is 0. The van der Waals surface area contributed by atoms with E-state index in [4.69, 9.17) is 0 Å². The molecule has 3 heteroatoms. The van der Waals surface area contributed by atoms with Crippen molar-refractivity contribution in [1.29, 1.82) is 0 Å². The van der Waals surface area contributed by atoms with Crippen molar-refractivity contribution in [2.75, 3.05) is 0 Å². The van der Waals surface area contributed by atoms with Crippen molar-refractivity contribution in [3.63, 3.8) is 0 Å². The third-order valence-electron chi connectivity index (χ3n) is 3.14. The van der Waals surface area contributed by atoms with Crippen LogP contribution in [0.2, 0.25) is 0 Å². The van der Waals surface area contributed by atoms with E-state index < -0.39 is 0 Å². The first-order chi connectivity index (χ1) is 8.54. The Morgan fingerprint density at radius 3 is 2.28 bits per heavy atom. The van der Waals surface area contributed by atoms with Crippen LogP contribution in [0.15, 0.2) is 24.3 Å². The fraction of sp³-hybridized carbons (Fsp3) is 0.400. The topological polar surface area (TPSA) is 38.0 Å². The minimum absolute atomic E-state index is 0.261. The van der Waals surface area contributed by atoms with Crippen LogP contribution in [-0.2, 0) is 6.54 Å². The summed E-state index contributed by atoms with van der Waals surface area (Å²) in [4.78, 5) is 0. The zero-order valence-corrected chi connectivity index (χ0v) is 11.4. The number of hydrogen-bond acceptors (Lipinski definition) is 2. The van der Waals surface area contributed by atoms with Gasteiger partial charge in [-0.15, -0.1) is 0 Å². The van der Waals surface area contributed by atoms with Gasteiger partial charge in [0.05, 0.1) is 5.69 Å². The molecular formula is C15H20N2O. The van der Waals surface area contributed by atoms with Crippen LogP contribution in [0.1, 0.15) is 37.9 Å². The second-order valence-corrected chi connectivity index (χ2v) is 4.92. The van der Waals surface area contributed by atoms with E-state index in [1.54, 1.807) is 0 Å². The van der Waals surface area contributed by atoms with Gasteiger partial charge in [-0.3, -0.25) is 4.68 Å². The highest BCUT2D eigenvalue weighted by Crippen LogP contribution is 2.35. The molecule has 0 fully saturated rings. The van der Waals surface area contributed by atoms with Crippen molar-refractivity contribution < 1.29 is 5.11 Å². The molecule has 2 aromatic rings. The van der Waals surface area contributed by atoms with Crippen molar-refractivity contribution in [2.45, 2.75) is 40.2 Å². The molecule has 1 aromatic heterocycles. The molecule has 0 saturated heterocycles. The van der Waals surface area contributed by atoms with Gasteiger partial charge in [0.15, 0.2) is 5.75 Å². The lowest BCUT2D eigenvalue weighted by Gasteiger charge is -2.07. The van der Waals surface area contributed by atoms with Gasteiger partial charge in [0, 0.05) is 12.1 Å². The highest BCUT2D eigenvalue weighted by molar-refractivity contribution is 5.67. The Labute approximate surface area is 108 Å². The predicted molar refractivity (Wildman–Crippen MR) is 73.8 cm³/mol. The molecule has 0 spiro atoms. The molecular weight excluding hydrogens is 224 g/mol. The van der Waals surface area contributed by atoms with Gasteiger partial charge in [-0.2, -0.15) is 5.10 Å². The van der Waals surface area contributed by atoms with Crippen LogP contribution in [-0.4, -0.2) is 14.9 Å². The minimum atomic E-state index is 0.261. The molecule has 0 aliphatic carbocycles. The SMILES string of the molecule is CCn1nc(-c2ccc(C)cc2)c(O)c1C(C)C. The summed E-state index contributed by atoms with van der Waals surface area (Å²) in [5, 5.41) is 14.9. The van der Waals surface area contributed by atoms with Gasteiger partial charge in [0.1, 0.15) is 5.69 Å². The second kappa shape index (κ2) is 4.84. The van der Waals surface area contributed by atoms with Crippen molar-refractivity contribution in [1.82, 2.24) is 9.78 Å². The van der Waals surface area contributed by atoms with Crippen LogP contribution in [0.5, 0.6) is 5.75 Å². The number of aromatic nitrogens is 2. The molecule has 0 unspecified atom stereocenters. The molecule has 0 saturated carbocycles. The van der Waals surface area contributed by atoms with Gasteiger partial charge in [-0.05, 0) is 19.8 Å². The Hall–Kier alpha value is -1.77. The molecule has 0 aliphatic heterocycles. The van der Waals surface area contributed by atoms with Crippen molar-refractivity contribution in [3.05, 3.63) is 35.5 Å². The zero-order chi connectivity index (χ0) is 13.3. The molecule has 0 amide bonds. The van der Waals surface area contributed by atoms with Gasteiger partial charge in [0.2, 0.25) is 0 Å². The average molecular weight is 244 g/mol. The van der Waals surface area contributed by atoms with Gasteiger partial charge in [-0.1, -0.05) is 43.7 Å². The maximum Gasteiger partial charge on any atom is 0.165 e. The Kier molecular flexibility index (Phi) is 3.41. The van der Waals surface area contributed by atoms with E-state index in [2.05, 4.69) is 18.9 Å². The van der Waals surface area contributed by atoms with E-state index in [1.165, 1.54) is 5.56 Å². The lowest BCUT2D eigenvalue weighted by molar-refractivity contribution is 0.459. The van der Waals surface area contributed by atoms with Gasteiger partial charge in [-0.25, -0.2) is 0 Å². The van der Waals surface area contributed by atoms with Crippen molar-refractivity contribution in [3.8, 4) is 17.0 Å². The minimum Gasteiger partial charge on any atom is -0.504 e. The molecule has 0 bridgehead atoms. The number of hydrogen-bond donors (Lipinski definition) is 1. The maximum atomic E-state index is 10.4. The largest absolute Gasteiger partial charge is 0.504 e. The van der Waals surface area contributed by atoms with E-state index in [0.717, 1.165) is 17.8 Å². The van der Waals surface area contributed by atoms with E-state index >= 15 is 0 Å². The molecule has 96 valence electrons. The molecule has 1 N–H and O–H groups in total. The number of aromatic hydroxyl groups is 1. The Morgan fingerprint density at radius 2 is 1.83 bits per heavy atom. The highest BCUT2D eigenvalue weighted by Gasteiger charge is 2.19. The molecule has 2 rings (SSSR count). The van der Waals surface area contributed by atoms with Crippen LogP contribution in [0.3, 0.4) is 0 Å². The first-order valence-electron chi connectivity index (χ1n) is 6.41. The Morgan fingerprint density at radius 1 is 1.22 bits per heavy atom. The summed E-state index contributed by atoms with van der Waals surface area (Å²) >= 11 is 0. The van der Waals surface area contributed by atoms with Crippen molar-refractivity contribution in [2.24, 2.45) is 0 Å². The normalized spacial score (nSPS) is 11.2. The Bertz CT molecular complexity index is 538. The highest BCUT2D eigenvalue weighted by atomic mass is 16.3. The van der Waals surface area contributed by atoms with E-state index in [1.807, 2.05) is 42.8 Å². The zero-order valence-electron chi connectivity index (χ0n) is 11.4. The predicted octanol–water partition coefficient (Wildman–Crippen LogP) is 3.71. The van der Waals surface area contributed by atoms with E-state index in [0.29, 0.717) is 11.4 Å². The second-order valence-electron chi connectivity index (χ2n) is 4.92. The standard InChI is InChI=1S/C15H20N2O/c1-5-17-14(10(2)3)15(18)13(16-17)12-8-6-11(4)7-9-12/h6-10,18H,5H2,1-4H3. The summed E-state index contributed by atoms with van der Waals surface area (Å²) in [6.07, 6.45) is 0.